The summed E-state index contributed by atoms with van der Waals surface area (Å²) in [5.41, 5.74) is 7.24. The fourth-order valence-electron chi connectivity index (χ4n) is 3.98. The van der Waals surface area contributed by atoms with Crippen molar-refractivity contribution in [3.63, 3.8) is 0 Å². The van der Waals surface area contributed by atoms with Gasteiger partial charge in [0.2, 0.25) is 0 Å². The summed E-state index contributed by atoms with van der Waals surface area (Å²) < 4.78 is 2.20. The fraction of sp³-hybridized carbons (Fsp3) is 0.227. The Morgan fingerprint density at radius 2 is 1.60 bits per heavy atom. The van der Waals surface area contributed by atoms with Gasteiger partial charge in [-0.25, -0.2) is 4.98 Å². The molecular weight excluding hydrogens is 306 g/mol. The van der Waals surface area contributed by atoms with Gasteiger partial charge in [-0.3, -0.25) is 0 Å². The van der Waals surface area contributed by atoms with E-state index in [2.05, 4.69) is 93.0 Å². The highest BCUT2D eigenvalue weighted by Gasteiger charge is 2.15. The van der Waals surface area contributed by atoms with Crippen molar-refractivity contribution < 1.29 is 0 Å². The van der Waals surface area contributed by atoms with Crippen molar-refractivity contribution >= 4 is 27.5 Å². The summed E-state index contributed by atoms with van der Waals surface area (Å²) in [7, 11) is 6.29. The summed E-state index contributed by atoms with van der Waals surface area (Å²) in [5, 5.41) is 2.44. The minimum absolute atomic E-state index is 1.02. The maximum absolute atomic E-state index is 5.02. The SMILES string of the molecule is Cc1cc(-c2nc3c4ccccc4ccc3n2C)cc(C)c1N(C)C. The van der Waals surface area contributed by atoms with Crippen LogP contribution >= 0.6 is 0 Å². The van der Waals surface area contributed by atoms with Gasteiger partial charge in [0.1, 0.15) is 5.82 Å². The molecule has 0 unspecified atom stereocenters. The van der Waals surface area contributed by atoms with Crippen molar-refractivity contribution in [1.29, 1.82) is 0 Å². The van der Waals surface area contributed by atoms with Gasteiger partial charge in [0, 0.05) is 37.8 Å². The van der Waals surface area contributed by atoms with Crippen LogP contribution in [0.4, 0.5) is 5.69 Å². The molecule has 0 atom stereocenters. The summed E-state index contributed by atoms with van der Waals surface area (Å²) >= 11 is 0. The van der Waals surface area contributed by atoms with E-state index in [9.17, 15) is 0 Å². The molecule has 0 aliphatic rings. The Balaban J connectivity index is 1.99. The summed E-state index contributed by atoms with van der Waals surface area (Å²) in [6, 6.07) is 17.3. The van der Waals surface area contributed by atoms with Crippen LogP contribution in [0.3, 0.4) is 0 Å². The molecule has 3 heteroatoms. The molecule has 0 spiro atoms. The second-order valence-electron chi connectivity index (χ2n) is 7.00. The van der Waals surface area contributed by atoms with Gasteiger partial charge < -0.3 is 9.47 Å². The van der Waals surface area contributed by atoms with Crippen molar-refractivity contribution in [3.8, 4) is 11.4 Å². The van der Waals surface area contributed by atoms with E-state index in [1.165, 1.54) is 38.7 Å². The topological polar surface area (TPSA) is 21.1 Å². The number of nitrogens with zero attached hydrogens (tertiary/aromatic N) is 3. The lowest BCUT2D eigenvalue weighted by Gasteiger charge is -2.19. The number of hydrogen-bond acceptors (Lipinski definition) is 2. The van der Waals surface area contributed by atoms with E-state index in [0.29, 0.717) is 0 Å². The quantitative estimate of drug-likeness (QED) is 0.511. The first-order valence-corrected chi connectivity index (χ1v) is 8.60. The Hall–Kier alpha value is -2.81. The second kappa shape index (κ2) is 5.62. The van der Waals surface area contributed by atoms with Crippen LogP contribution in [0.25, 0.3) is 33.2 Å². The fourth-order valence-corrected chi connectivity index (χ4v) is 3.98. The van der Waals surface area contributed by atoms with Crippen LogP contribution in [0, 0.1) is 13.8 Å². The van der Waals surface area contributed by atoms with E-state index in [1.807, 2.05) is 0 Å². The summed E-state index contributed by atoms with van der Waals surface area (Å²) in [4.78, 5) is 7.19. The average Bonchev–Trinajstić information content (AvgIpc) is 2.91. The first kappa shape index (κ1) is 15.7. The zero-order chi connectivity index (χ0) is 17.7. The molecule has 1 aromatic heterocycles. The van der Waals surface area contributed by atoms with Gasteiger partial charge >= 0.3 is 0 Å². The zero-order valence-electron chi connectivity index (χ0n) is 15.5. The maximum atomic E-state index is 5.02. The highest BCUT2D eigenvalue weighted by atomic mass is 15.1. The van der Waals surface area contributed by atoms with E-state index in [4.69, 9.17) is 4.98 Å². The van der Waals surface area contributed by atoms with Crippen molar-refractivity contribution in [1.82, 2.24) is 9.55 Å². The standard InChI is InChI=1S/C22H23N3/c1-14-12-17(13-15(2)21(14)24(3)4)22-23-20-18-9-7-6-8-16(18)10-11-19(20)25(22)5/h6-13H,1-5H3. The molecule has 3 nitrogen and oxygen atoms in total. The number of fused-ring (bicyclic) bond motifs is 3. The Labute approximate surface area is 148 Å². The second-order valence-corrected chi connectivity index (χ2v) is 7.00. The number of rotatable bonds is 2. The van der Waals surface area contributed by atoms with Crippen LogP contribution in [-0.4, -0.2) is 23.6 Å². The zero-order valence-corrected chi connectivity index (χ0v) is 15.5. The number of anilines is 1. The van der Waals surface area contributed by atoms with Crippen LogP contribution in [0.2, 0.25) is 0 Å². The molecule has 0 radical (unpaired) electrons. The third kappa shape index (κ3) is 2.39. The van der Waals surface area contributed by atoms with Crippen LogP contribution in [-0.2, 0) is 7.05 Å². The lowest BCUT2D eigenvalue weighted by atomic mass is 10.0. The number of imidazole rings is 1. The highest BCUT2D eigenvalue weighted by molar-refractivity contribution is 6.05. The average molecular weight is 329 g/mol. The van der Waals surface area contributed by atoms with E-state index < -0.39 is 0 Å². The molecule has 0 amide bonds. The van der Waals surface area contributed by atoms with Gasteiger partial charge in [-0.1, -0.05) is 30.3 Å². The summed E-state index contributed by atoms with van der Waals surface area (Å²) in [6.07, 6.45) is 0. The molecule has 126 valence electrons. The van der Waals surface area contributed by atoms with Gasteiger partial charge in [-0.05, 0) is 48.6 Å². The van der Waals surface area contributed by atoms with Gasteiger partial charge in [0.05, 0.1) is 11.0 Å². The molecule has 4 aromatic rings. The molecule has 3 aromatic carbocycles. The van der Waals surface area contributed by atoms with Gasteiger partial charge in [-0.2, -0.15) is 0 Å². The monoisotopic (exact) mass is 329 g/mol. The minimum Gasteiger partial charge on any atom is -0.377 e. The van der Waals surface area contributed by atoms with Crippen molar-refractivity contribution in [2.24, 2.45) is 7.05 Å². The van der Waals surface area contributed by atoms with Crippen LogP contribution < -0.4 is 4.90 Å². The first-order chi connectivity index (χ1) is 12.0. The molecular formula is C22H23N3. The van der Waals surface area contributed by atoms with Crippen LogP contribution in [0.5, 0.6) is 0 Å². The van der Waals surface area contributed by atoms with Crippen molar-refractivity contribution in [2.75, 3.05) is 19.0 Å². The van der Waals surface area contributed by atoms with Crippen LogP contribution in [0.1, 0.15) is 11.1 Å². The van der Waals surface area contributed by atoms with Gasteiger partial charge in [0.25, 0.3) is 0 Å². The van der Waals surface area contributed by atoms with Crippen molar-refractivity contribution in [2.45, 2.75) is 13.8 Å². The maximum Gasteiger partial charge on any atom is 0.140 e. The number of aromatic nitrogens is 2. The Morgan fingerprint density at radius 1 is 0.920 bits per heavy atom. The predicted molar refractivity (Wildman–Crippen MR) is 107 cm³/mol. The smallest absolute Gasteiger partial charge is 0.140 e. The Bertz CT molecular complexity index is 1080. The molecule has 0 fully saturated rings. The Morgan fingerprint density at radius 3 is 2.28 bits per heavy atom. The molecule has 0 saturated heterocycles. The summed E-state index contributed by atoms with van der Waals surface area (Å²) in [5.74, 6) is 1.02. The Kier molecular flexibility index (Phi) is 3.53. The third-order valence-corrected chi connectivity index (χ3v) is 4.97. The minimum atomic E-state index is 1.02. The third-order valence-electron chi connectivity index (χ3n) is 4.97. The molecule has 0 aliphatic heterocycles. The molecule has 0 aliphatic carbocycles. The van der Waals surface area contributed by atoms with Gasteiger partial charge in [0.15, 0.2) is 0 Å². The molecule has 25 heavy (non-hydrogen) atoms. The summed E-state index contributed by atoms with van der Waals surface area (Å²) in [6.45, 7) is 4.34. The number of hydrogen-bond donors (Lipinski definition) is 0. The highest BCUT2D eigenvalue weighted by Crippen LogP contribution is 2.33. The molecule has 0 bridgehead atoms. The van der Waals surface area contributed by atoms with Crippen LogP contribution in [0.15, 0.2) is 48.5 Å². The lowest BCUT2D eigenvalue weighted by Crippen LogP contribution is -2.12. The van der Waals surface area contributed by atoms with E-state index in [0.717, 1.165) is 11.3 Å². The lowest BCUT2D eigenvalue weighted by molar-refractivity contribution is 0.958. The predicted octanol–water partition coefficient (Wildman–Crippen LogP) is 5.08. The number of benzene rings is 3. The van der Waals surface area contributed by atoms with E-state index in [-0.39, 0.29) is 0 Å². The molecule has 4 rings (SSSR count). The molecule has 1 heterocycles. The van der Waals surface area contributed by atoms with E-state index >= 15 is 0 Å². The number of aryl methyl sites for hydroxylation is 3. The largest absolute Gasteiger partial charge is 0.377 e. The normalized spacial score (nSPS) is 11.4. The van der Waals surface area contributed by atoms with Crippen molar-refractivity contribution in [3.05, 3.63) is 59.7 Å². The van der Waals surface area contributed by atoms with E-state index in [1.54, 1.807) is 0 Å². The first-order valence-electron chi connectivity index (χ1n) is 8.60. The molecule has 0 N–H and O–H groups in total. The molecule has 0 saturated carbocycles. The van der Waals surface area contributed by atoms with Gasteiger partial charge in [-0.15, -0.1) is 0 Å².